The Labute approximate surface area is 181 Å². The Kier molecular flexibility index (Phi) is 6.28. The second-order valence-corrected chi connectivity index (χ2v) is 14.7. The zero-order valence-corrected chi connectivity index (χ0v) is 21.1. The first-order valence-corrected chi connectivity index (χ1v) is 13.5. The first kappa shape index (κ1) is 23.1. The molecule has 6 nitrogen and oxygen atoms in total. The van der Waals surface area contributed by atoms with Crippen LogP contribution in [0.1, 0.15) is 50.7 Å². The lowest BCUT2D eigenvalue weighted by molar-refractivity contribution is 0.479. The number of benzene rings is 2. The van der Waals surface area contributed by atoms with Crippen molar-refractivity contribution >= 4 is 26.6 Å². The molecule has 164 valence electrons. The fourth-order valence-electron chi connectivity index (χ4n) is 3.70. The molecular weight excluding hydrogens is 414 g/mol. The number of rotatable bonds is 6. The van der Waals surface area contributed by atoms with Crippen molar-refractivity contribution < 1.29 is 9.13 Å². The molecule has 0 aromatic heterocycles. The summed E-state index contributed by atoms with van der Waals surface area (Å²) < 4.78 is 35.4. The van der Waals surface area contributed by atoms with E-state index in [1.807, 2.05) is 48.5 Å². The van der Waals surface area contributed by atoms with Crippen LogP contribution in [0.3, 0.4) is 0 Å². The van der Waals surface area contributed by atoms with Crippen molar-refractivity contribution in [3.05, 3.63) is 59.7 Å². The van der Waals surface area contributed by atoms with E-state index >= 15 is 0 Å². The van der Waals surface area contributed by atoms with E-state index in [-0.39, 0.29) is 0 Å². The van der Waals surface area contributed by atoms with Crippen LogP contribution in [0.5, 0.6) is 0 Å². The van der Waals surface area contributed by atoms with Crippen LogP contribution in [0.4, 0.5) is 11.4 Å². The van der Waals surface area contributed by atoms with Gasteiger partial charge in [0.05, 0.1) is 11.4 Å². The van der Waals surface area contributed by atoms with Gasteiger partial charge in [-0.05, 0) is 75.4 Å². The molecule has 0 radical (unpaired) electrons. The maximum absolute atomic E-state index is 14.4. The maximum atomic E-state index is 14.4. The largest absolute Gasteiger partial charge is 0.350 e. The highest BCUT2D eigenvalue weighted by molar-refractivity contribution is 7.98. The van der Waals surface area contributed by atoms with Crippen molar-refractivity contribution in [2.75, 3.05) is 37.1 Å². The zero-order valence-electron chi connectivity index (χ0n) is 19.3. The Morgan fingerprint density at radius 2 is 0.867 bits per heavy atom. The van der Waals surface area contributed by atoms with Crippen LogP contribution in [0.2, 0.25) is 0 Å². The van der Waals surface area contributed by atoms with Gasteiger partial charge in [0.25, 0.3) is 0 Å². The third kappa shape index (κ3) is 3.44. The lowest BCUT2D eigenvalue weighted by Crippen LogP contribution is -2.51. The van der Waals surface area contributed by atoms with Crippen LogP contribution in [0, 0.1) is 0 Å². The van der Waals surface area contributed by atoms with E-state index in [4.69, 9.17) is 0 Å². The lowest BCUT2D eigenvalue weighted by atomic mass is 10.0. The van der Waals surface area contributed by atoms with Gasteiger partial charge in [-0.1, -0.05) is 52.0 Å². The highest BCUT2D eigenvalue weighted by atomic mass is 31.3. The molecule has 0 N–H and O–H groups in total. The summed E-state index contributed by atoms with van der Waals surface area (Å²) in [6.45, 7) is 8.54. The van der Waals surface area contributed by atoms with Gasteiger partial charge in [-0.15, -0.1) is 0 Å². The zero-order chi connectivity index (χ0) is 22.4. The van der Waals surface area contributed by atoms with E-state index in [0.29, 0.717) is 23.2 Å². The van der Waals surface area contributed by atoms with Crippen LogP contribution >= 0.6 is 15.2 Å². The molecule has 0 unspecified atom stereocenters. The molecule has 1 fully saturated rings. The Hall–Kier alpha value is -1.58. The predicted molar refractivity (Wildman–Crippen MR) is 129 cm³/mol. The van der Waals surface area contributed by atoms with E-state index in [9.17, 15) is 9.13 Å². The minimum absolute atomic E-state index is 0.396. The van der Waals surface area contributed by atoms with E-state index < -0.39 is 15.2 Å². The van der Waals surface area contributed by atoms with Gasteiger partial charge in [-0.25, -0.2) is 18.2 Å². The van der Waals surface area contributed by atoms with Crippen LogP contribution in [0.15, 0.2) is 48.5 Å². The molecule has 0 spiro atoms. The summed E-state index contributed by atoms with van der Waals surface area (Å²) in [5, 5.41) is 0. The molecular formula is C22H34N4O2P2. The summed E-state index contributed by atoms with van der Waals surface area (Å²) in [5.41, 5.74) is 3.81. The minimum atomic E-state index is -3.29. The molecule has 3 rings (SSSR count). The van der Waals surface area contributed by atoms with E-state index in [0.717, 1.165) is 0 Å². The molecule has 0 atom stereocenters. The summed E-state index contributed by atoms with van der Waals surface area (Å²) in [5.74, 6) is 0.792. The van der Waals surface area contributed by atoms with Crippen LogP contribution in [-0.2, 0) is 9.13 Å². The van der Waals surface area contributed by atoms with Crippen molar-refractivity contribution in [3.63, 3.8) is 0 Å². The molecule has 1 aliphatic heterocycles. The summed E-state index contributed by atoms with van der Waals surface area (Å²) in [7, 11) is 0.557. The van der Waals surface area contributed by atoms with Crippen molar-refractivity contribution in [2.24, 2.45) is 0 Å². The van der Waals surface area contributed by atoms with Crippen molar-refractivity contribution in [1.29, 1.82) is 0 Å². The van der Waals surface area contributed by atoms with Gasteiger partial charge in [-0.3, -0.25) is 9.13 Å². The second kappa shape index (κ2) is 8.16. The third-order valence-corrected chi connectivity index (χ3v) is 13.4. The molecule has 1 saturated heterocycles. The SMILES string of the molecule is CC(C)c1ccc(N2P(=O)(N(C)C)N(c3ccc(C(C)C)cc3)P2(=O)N(C)C)cc1. The van der Waals surface area contributed by atoms with Crippen LogP contribution < -0.4 is 8.88 Å². The Balaban J connectivity index is 2.14. The highest BCUT2D eigenvalue weighted by Gasteiger charge is 2.67. The van der Waals surface area contributed by atoms with Gasteiger partial charge in [0.2, 0.25) is 0 Å². The summed E-state index contributed by atoms with van der Waals surface area (Å²) in [6, 6.07) is 15.8. The topological polar surface area (TPSA) is 47.1 Å². The summed E-state index contributed by atoms with van der Waals surface area (Å²) >= 11 is 0. The summed E-state index contributed by atoms with van der Waals surface area (Å²) in [4.78, 5) is 0. The van der Waals surface area contributed by atoms with Gasteiger partial charge in [0.1, 0.15) is 0 Å². The number of hydrogen-bond donors (Lipinski definition) is 0. The molecule has 1 aliphatic rings. The number of nitrogens with zero attached hydrogens (tertiary/aromatic N) is 4. The van der Waals surface area contributed by atoms with E-state index in [1.165, 1.54) is 11.1 Å². The monoisotopic (exact) mass is 448 g/mol. The van der Waals surface area contributed by atoms with Crippen molar-refractivity contribution in [1.82, 2.24) is 9.34 Å². The van der Waals surface area contributed by atoms with Gasteiger partial charge in [0.15, 0.2) is 0 Å². The highest BCUT2D eigenvalue weighted by Crippen LogP contribution is 2.88. The van der Waals surface area contributed by atoms with Crippen molar-refractivity contribution in [3.8, 4) is 0 Å². The first-order valence-electron chi connectivity index (χ1n) is 10.3. The van der Waals surface area contributed by atoms with Gasteiger partial charge in [-0.2, -0.15) is 0 Å². The fraction of sp³-hybridized carbons (Fsp3) is 0.455. The Bertz CT molecular complexity index is 888. The van der Waals surface area contributed by atoms with Gasteiger partial charge >= 0.3 is 15.2 Å². The molecule has 30 heavy (non-hydrogen) atoms. The third-order valence-electron chi connectivity index (χ3n) is 5.61. The second-order valence-electron chi connectivity index (χ2n) is 8.79. The van der Waals surface area contributed by atoms with E-state index in [1.54, 1.807) is 46.4 Å². The molecule has 0 aliphatic carbocycles. The molecule has 2 aromatic carbocycles. The normalized spacial score (nSPS) is 24.3. The van der Waals surface area contributed by atoms with Crippen LogP contribution in [-0.4, -0.2) is 37.5 Å². The molecule has 0 bridgehead atoms. The molecule has 0 amide bonds. The first-order chi connectivity index (χ1) is 14.0. The molecule has 1 heterocycles. The Morgan fingerprint density at radius 3 is 1.07 bits per heavy atom. The van der Waals surface area contributed by atoms with E-state index in [2.05, 4.69) is 27.7 Å². The van der Waals surface area contributed by atoms with Crippen molar-refractivity contribution in [2.45, 2.75) is 39.5 Å². The van der Waals surface area contributed by atoms with Crippen LogP contribution in [0.25, 0.3) is 0 Å². The quantitative estimate of drug-likeness (QED) is 0.464. The standard InChI is InChI=1S/C22H34N4O2P2/c1-17(2)19-9-13-21(14-10-19)25-29(27,23(5)6)26(30(25,28)24(7)8)22-15-11-20(12-16-22)18(3)4/h9-18H,1-8H3. The fourth-order valence-corrected chi connectivity index (χ4v) is 11.9. The predicted octanol–water partition coefficient (Wildman–Crippen LogP) is 6.60. The lowest BCUT2D eigenvalue weighted by Gasteiger charge is -2.60. The van der Waals surface area contributed by atoms with Gasteiger partial charge in [0, 0.05) is 0 Å². The molecule has 2 aromatic rings. The molecule has 0 saturated carbocycles. The number of hydrogen-bond acceptors (Lipinski definition) is 2. The maximum Gasteiger partial charge on any atom is 0.350 e. The minimum Gasteiger partial charge on any atom is -0.256 e. The molecule has 8 heteroatoms. The average Bonchev–Trinajstić information content (AvgIpc) is 2.68. The van der Waals surface area contributed by atoms with Gasteiger partial charge < -0.3 is 0 Å². The Morgan fingerprint density at radius 1 is 0.600 bits per heavy atom. The summed E-state index contributed by atoms with van der Waals surface area (Å²) in [6.07, 6.45) is 0. The number of anilines is 2. The average molecular weight is 448 g/mol. The smallest absolute Gasteiger partial charge is 0.256 e.